The van der Waals surface area contributed by atoms with E-state index in [-0.39, 0.29) is 53.3 Å². The van der Waals surface area contributed by atoms with Crippen molar-refractivity contribution in [2.45, 2.75) is 105 Å². The number of phosphoric ester groups is 1. The van der Waals surface area contributed by atoms with E-state index in [0.29, 0.717) is 17.7 Å². The van der Waals surface area contributed by atoms with Crippen LogP contribution in [0.1, 0.15) is 110 Å². The molecule has 3 fully saturated rings. The van der Waals surface area contributed by atoms with Crippen molar-refractivity contribution in [1.29, 1.82) is 0 Å². The summed E-state index contributed by atoms with van der Waals surface area (Å²) in [6, 6.07) is 3.71. The molecular formula is C28H45O6P. The fourth-order valence-electron chi connectivity index (χ4n) is 6.11. The number of carbonyl (C=O) groups is 1. The Hall–Kier alpha value is -1.36. The molecule has 198 valence electrons. The Morgan fingerprint density at radius 2 is 1.74 bits per heavy atom. The number of rotatable bonds is 13. The first-order chi connectivity index (χ1) is 16.4. The van der Waals surface area contributed by atoms with Crippen LogP contribution in [0.4, 0.5) is 0 Å². The van der Waals surface area contributed by atoms with Gasteiger partial charge in [-0.2, -0.15) is 0 Å². The quantitative estimate of drug-likeness (QED) is 0.215. The zero-order chi connectivity index (χ0) is 26.0. The smallest absolute Gasteiger partial charge is 0.508 e. The molecule has 0 amide bonds. The summed E-state index contributed by atoms with van der Waals surface area (Å²) in [6.45, 7) is 14.6. The Balaban J connectivity index is 2.05. The van der Waals surface area contributed by atoms with Crippen molar-refractivity contribution in [3.8, 4) is 11.5 Å². The minimum atomic E-state index is -3.89. The molecule has 1 aromatic rings. The van der Waals surface area contributed by atoms with Gasteiger partial charge in [0, 0.05) is 23.8 Å². The van der Waals surface area contributed by atoms with E-state index in [0.717, 1.165) is 24.8 Å². The van der Waals surface area contributed by atoms with Crippen LogP contribution in [0.2, 0.25) is 0 Å². The van der Waals surface area contributed by atoms with Crippen molar-refractivity contribution in [2.75, 3.05) is 13.2 Å². The molecule has 0 heterocycles. The number of phenols is 1. The third-order valence-electron chi connectivity index (χ3n) is 8.35. The van der Waals surface area contributed by atoms with Crippen molar-refractivity contribution in [3.63, 3.8) is 0 Å². The van der Waals surface area contributed by atoms with Crippen LogP contribution < -0.4 is 4.52 Å². The molecule has 3 saturated carbocycles. The van der Waals surface area contributed by atoms with E-state index in [1.54, 1.807) is 13.8 Å². The lowest BCUT2D eigenvalue weighted by Crippen LogP contribution is -2.56. The lowest BCUT2D eigenvalue weighted by Gasteiger charge is -2.59. The Kier molecular flexibility index (Phi) is 8.82. The van der Waals surface area contributed by atoms with Crippen LogP contribution in [0, 0.1) is 17.3 Å². The summed E-state index contributed by atoms with van der Waals surface area (Å²) >= 11 is 0. The summed E-state index contributed by atoms with van der Waals surface area (Å²) in [5, 5.41) is 11.4. The second-order valence-corrected chi connectivity index (χ2v) is 13.1. The SMILES string of the molecule is CCCCCCC(C)(C)c1cc(O)c([C@H]2CC(=O)[C@H]3C[C@@H]2C3(C)C)c(OP(=O)(OCC)OCC)c1. The molecule has 1 N–H and O–H groups in total. The molecule has 0 saturated heterocycles. The molecule has 35 heavy (non-hydrogen) atoms. The largest absolute Gasteiger partial charge is 0.530 e. The molecule has 0 unspecified atom stereocenters. The van der Waals surface area contributed by atoms with Crippen molar-refractivity contribution in [2.24, 2.45) is 17.3 Å². The van der Waals surface area contributed by atoms with Gasteiger partial charge in [0.15, 0.2) is 0 Å². The summed E-state index contributed by atoms with van der Waals surface area (Å²) in [6.07, 6.45) is 6.76. The first-order valence-electron chi connectivity index (χ1n) is 13.4. The standard InChI is InChI=1S/C28H45O6P/c1-8-11-12-13-14-27(4,5)19-15-24(30)26(20-17-23(29)22-18-21(20)28(22,6)7)25(16-19)34-35(31,32-9-2)33-10-3/h15-16,20-22,30H,8-14,17-18H2,1-7H3/t20-,21-,22+/m0/s1. The van der Waals surface area contributed by atoms with Crippen LogP contribution in [0.5, 0.6) is 11.5 Å². The van der Waals surface area contributed by atoms with Gasteiger partial charge in [-0.3, -0.25) is 13.8 Å². The number of fused-ring (bicyclic) bond motifs is 2. The summed E-state index contributed by atoms with van der Waals surface area (Å²) in [5.74, 6) is 0.754. The number of benzene rings is 1. The maximum Gasteiger partial charge on any atom is 0.530 e. The molecule has 3 atom stereocenters. The Bertz CT molecular complexity index is 943. The van der Waals surface area contributed by atoms with E-state index in [2.05, 4.69) is 34.6 Å². The Morgan fingerprint density at radius 3 is 2.29 bits per heavy atom. The Labute approximate surface area is 211 Å². The summed E-state index contributed by atoms with van der Waals surface area (Å²) in [5.41, 5.74) is 1.12. The van der Waals surface area contributed by atoms with Gasteiger partial charge in [-0.05, 0) is 61.1 Å². The number of ketones is 1. The average Bonchev–Trinajstić information content (AvgIpc) is 2.75. The molecule has 3 aliphatic rings. The van der Waals surface area contributed by atoms with Gasteiger partial charge in [0.2, 0.25) is 0 Å². The van der Waals surface area contributed by atoms with Gasteiger partial charge < -0.3 is 9.63 Å². The zero-order valence-electron chi connectivity index (χ0n) is 22.7. The van der Waals surface area contributed by atoms with Gasteiger partial charge in [0.05, 0.1) is 13.2 Å². The number of phosphoric acid groups is 1. The molecule has 0 radical (unpaired) electrons. The second kappa shape index (κ2) is 10.9. The summed E-state index contributed by atoms with van der Waals surface area (Å²) in [7, 11) is -3.89. The minimum Gasteiger partial charge on any atom is -0.508 e. The molecule has 7 heteroatoms. The van der Waals surface area contributed by atoms with Gasteiger partial charge in [-0.1, -0.05) is 60.3 Å². The van der Waals surface area contributed by atoms with Gasteiger partial charge in [0.1, 0.15) is 17.3 Å². The van der Waals surface area contributed by atoms with Crippen molar-refractivity contribution in [3.05, 3.63) is 23.3 Å². The van der Waals surface area contributed by atoms with Crippen molar-refractivity contribution >= 4 is 13.6 Å². The molecule has 0 aliphatic heterocycles. The fourth-order valence-corrected chi connectivity index (χ4v) is 7.31. The number of Topliss-reactive ketones (excluding diaryl/α,β-unsaturated/α-hetero) is 1. The van der Waals surface area contributed by atoms with Gasteiger partial charge >= 0.3 is 7.82 Å². The van der Waals surface area contributed by atoms with E-state index in [4.69, 9.17) is 13.6 Å². The molecule has 6 nitrogen and oxygen atoms in total. The van der Waals surface area contributed by atoms with Crippen LogP contribution >= 0.6 is 7.82 Å². The predicted octanol–water partition coefficient (Wildman–Crippen LogP) is 7.92. The summed E-state index contributed by atoms with van der Waals surface area (Å²) in [4.78, 5) is 12.9. The molecule has 4 rings (SSSR count). The fraction of sp³-hybridized carbons (Fsp3) is 0.750. The highest BCUT2D eigenvalue weighted by atomic mass is 31.2. The average molecular weight is 509 g/mol. The minimum absolute atomic E-state index is 0.0783. The van der Waals surface area contributed by atoms with Crippen molar-refractivity contribution < 1.29 is 28.0 Å². The summed E-state index contributed by atoms with van der Waals surface area (Å²) < 4.78 is 30.3. The molecular weight excluding hydrogens is 463 g/mol. The highest BCUT2D eigenvalue weighted by Crippen LogP contribution is 2.65. The normalized spacial score (nSPS) is 23.7. The maximum absolute atomic E-state index is 13.4. The van der Waals surface area contributed by atoms with Crippen LogP contribution in [0.25, 0.3) is 0 Å². The first-order valence-corrected chi connectivity index (χ1v) is 14.8. The van der Waals surface area contributed by atoms with E-state index in [1.807, 2.05) is 12.1 Å². The maximum atomic E-state index is 13.4. The third-order valence-corrected chi connectivity index (χ3v) is 9.92. The molecule has 0 spiro atoms. The topological polar surface area (TPSA) is 82.1 Å². The van der Waals surface area contributed by atoms with E-state index in [1.165, 1.54) is 19.3 Å². The van der Waals surface area contributed by atoms with Gasteiger partial charge in [-0.15, -0.1) is 0 Å². The highest BCUT2D eigenvalue weighted by Gasteiger charge is 2.59. The molecule has 2 bridgehead atoms. The van der Waals surface area contributed by atoms with Crippen molar-refractivity contribution in [1.82, 2.24) is 0 Å². The Morgan fingerprint density at radius 1 is 1.09 bits per heavy atom. The second-order valence-electron chi connectivity index (χ2n) is 11.5. The van der Waals surface area contributed by atoms with E-state index in [9.17, 15) is 14.5 Å². The van der Waals surface area contributed by atoms with Crippen LogP contribution in [0.15, 0.2) is 12.1 Å². The zero-order valence-corrected chi connectivity index (χ0v) is 23.6. The third kappa shape index (κ3) is 5.81. The number of hydrogen-bond acceptors (Lipinski definition) is 6. The van der Waals surface area contributed by atoms with Gasteiger partial charge in [0.25, 0.3) is 0 Å². The van der Waals surface area contributed by atoms with Crippen LogP contribution in [0.3, 0.4) is 0 Å². The van der Waals surface area contributed by atoms with E-state index < -0.39 is 7.82 Å². The highest BCUT2D eigenvalue weighted by molar-refractivity contribution is 7.48. The number of phenolic OH excluding ortho intramolecular Hbond substituents is 1. The van der Waals surface area contributed by atoms with Crippen LogP contribution in [-0.2, 0) is 23.8 Å². The number of hydrogen-bond donors (Lipinski definition) is 1. The first kappa shape index (κ1) is 28.2. The number of aromatic hydroxyl groups is 1. The molecule has 1 aromatic carbocycles. The van der Waals surface area contributed by atoms with Gasteiger partial charge in [-0.25, -0.2) is 4.57 Å². The lowest BCUT2D eigenvalue weighted by molar-refractivity contribution is -0.151. The molecule has 3 aliphatic carbocycles. The number of unbranched alkanes of at least 4 members (excludes halogenated alkanes) is 3. The predicted molar refractivity (Wildman–Crippen MR) is 139 cm³/mol. The molecule has 0 aromatic heterocycles. The monoisotopic (exact) mass is 508 g/mol. The van der Waals surface area contributed by atoms with Crippen LogP contribution in [-0.4, -0.2) is 24.1 Å². The van der Waals surface area contributed by atoms with E-state index >= 15 is 0 Å². The number of carbonyl (C=O) groups excluding carboxylic acids is 1. The lowest BCUT2D eigenvalue weighted by atomic mass is 9.44.